The number of allylic oxidation sites excluding steroid dienone is 1. The first-order chi connectivity index (χ1) is 12.8. The molecule has 3 rings (SSSR count). The van der Waals surface area contributed by atoms with Crippen LogP contribution < -0.4 is 9.47 Å². The highest BCUT2D eigenvalue weighted by atomic mass is 16.6. The maximum Gasteiger partial charge on any atom is 0.334 e. The van der Waals surface area contributed by atoms with E-state index < -0.39 is 5.60 Å². The third-order valence-electron chi connectivity index (χ3n) is 5.62. The Hall–Kier alpha value is -1.97. The third-order valence-corrected chi connectivity index (χ3v) is 5.62. The zero-order valence-corrected chi connectivity index (χ0v) is 17.3. The standard InChI is InChI=1S/C23H32O4/c1-23(2,3)27-22(24)17-9-7-6-8-15-14-19-16(12-18(15)13-17)10-11-20(25-4)21(19)26-5/h10-11,13,15,18H,6-9,12,14H2,1-5H3/b17-13-. The van der Waals surface area contributed by atoms with E-state index in [1.54, 1.807) is 14.2 Å². The van der Waals surface area contributed by atoms with Gasteiger partial charge in [-0.15, -0.1) is 0 Å². The second-order valence-electron chi connectivity index (χ2n) is 8.71. The first-order valence-corrected chi connectivity index (χ1v) is 9.99. The highest BCUT2D eigenvalue weighted by molar-refractivity contribution is 5.88. The monoisotopic (exact) mass is 372 g/mol. The van der Waals surface area contributed by atoms with Crippen LogP contribution in [0, 0.1) is 11.8 Å². The second-order valence-corrected chi connectivity index (χ2v) is 8.71. The van der Waals surface area contributed by atoms with Crippen molar-refractivity contribution in [2.75, 3.05) is 14.2 Å². The number of hydrogen-bond donors (Lipinski definition) is 0. The van der Waals surface area contributed by atoms with E-state index in [-0.39, 0.29) is 5.97 Å². The van der Waals surface area contributed by atoms with Crippen LogP contribution in [-0.2, 0) is 22.4 Å². The van der Waals surface area contributed by atoms with Crippen molar-refractivity contribution in [3.05, 3.63) is 34.9 Å². The molecule has 0 radical (unpaired) electrons. The van der Waals surface area contributed by atoms with Crippen molar-refractivity contribution in [2.24, 2.45) is 11.8 Å². The molecule has 0 N–H and O–H groups in total. The predicted molar refractivity (Wildman–Crippen MR) is 106 cm³/mol. The highest BCUT2D eigenvalue weighted by Gasteiger charge is 2.32. The van der Waals surface area contributed by atoms with Crippen LogP contribution in [0.15, 0.2) is 23.8 Å². The molecule has 148 valence electrons. The normalized spacial score (nSPS) is 24.4. The number of carbonyl (C=O) groups is 1. The molecule has 1 aromatic rings. The van der Waals surface area contributed by atoms with Gasteiger partial charge in [0.2, 0.25) is 0 Å². The van der Waals surface area contributed by atoms with E-state index in [2.05, 4.69) is 12.1 Å². The molecule has 0 aliphatic heterocycles. The molecule has 0 saturated carbocycles. The molecule has 27 heavy (non-hydrogen) atoms. The molecule has 0 heterocycles. The summed E-state index contributed by atoms with van der Waals surface area (Å²) in [7, 11) is 3.39. The van der Waals surface area contributed by atoms with Gasteiger partial charge >= 0.3 is 5.97 Å². The van der Waals surface area contributed by atoms with Gasteiger partial charge in [0.05, 0.1) is 14.2 Å². The number of benzene rings is 1. The SMILES string of the molecule is COc1ccc2c(c1OC)CC1CCCC/C(C(=O)OC(C)(C)C)=C/C1C2. The minimum Gasteiger partial charge on any atom is -0.493 e. The summed E-state index contributed by atoms with van der Waals surface area (Å²) in [5.41, 5.74) is 2.96. The summed E-state index contributed by atoms with van der Waals surface area (Å²) >= 11 is 0. The molecular formula is C23H32O4. The van der Waals surface area contributed by atoms with Crippen molar-refractivity contribution >= 4 is 5.97 Å². The fourth-order valence-corrected chi connectivity index (χ4v) is 4.37. The topological polar surface area (TPSA) is 44.8 Å². The first-order valence-electron chi connectivity index (χ1n) is 9.99. The van der Waals surface area contributed by atoms with E-state index in [0.717, 1.165) is 49.2 Å². The van der Waals surface area contributed by atoms with Gasteiger partial charge in [0.25, 0.3) is 0 Å². The van der Waals surface area contributed by atoms with Crippen LogP contribution in [0.4, 0.5) is 0 Å². The maximum atomic E-state index is 12.7. The minimum absolute atomic E-state index is 0.152. The van der Waals surface area contributed by atoms with E-state index in [4.69, 9.17) is 14.2 Å². The summed E-state index contributed by atoms with van der Waals surface area (Å²) in [5, 5.41) is 0. The lowest BCUT2D eigenvalue weighted by Gasteiger charge is -2.34. The van der Waals surface area contributed by atoms with Gasteiger partial charge in [0, 0.05) is 11.1 Å². The van der Waals surface area contributed by atoms with Crippen LogP contribution in [0.5, 0.6) is 11.5 Å². The zero-order chi connectivity index (χ0) is 19.6. The molecule has 0 bridgehead atoms. The van der Waals surface area contributed by atoms with Crippen molar-refractivity contribution in [1.82, 2.24) is 0 Å². The summed E-state index contributed by atoms with van der Waals surface area (Å²) in [6.45, 7) is 5.77. The molecule has 4 heteroatoms. The third kappa shape index (κ3) is 4.48. The number of hydrogen-bond acceptors (Lipinski definition) is 4. The average molecular weight is 373 g/mol. The molecule has 1 aromatic carbocycles. The smallest absolute Gasteiger partial charge is 0.334 e. The average Bonchev–Trinajstić information content (AvgIpc) is 2.59. The zero-order valence-electron chi connectivity index (χ0n) is 17.3. The Bertz CT molecular complexity index is 727. The molecule has 0 saturated heterocycles. The molecule has 4 nitrogen and oxygen atoms in total. The van der Waals surface area contributed by atoms with Gasteiger partial charge in [-0.05, 0) is 76.3 Å². The number of esters is 1. The first kappa shape index (κ1) is 19.8. The fraction of sp³-hybridized carbons (Fsp3) is 0.609. The van der Waals surface area contributed by atoms with E-state index in [9.17, 15) is 4.79 Å². The van der Waals surface area contributed by atoms with Crippen molar-refractivity contribution in [3.63, 3.8) is 0 Å². The molecule has 0 fully saturated rings. The molecule has 2 atom stereocenters. The van der Waals surface area contributed by atoms with Gasteiger partial charge < -0.3 is 14.2 Å². The number of fused-ring (bicyclic) bond motifs is 2. The molecule has 2 aliphatic carbocycles. The van der Waals surface area contributed by atoms with Gasteiger partial charge in [0.15, 0.2) is 11.5 Å². The van der Waals surface area contributed by atoms with Crippen LogP contribution in [0.1, 0.15) is 57.6 Å². The Balaban J connectivity index is 1.91. The van der Waals surface area contributed by atoms with Gasteiger partial charge in [-0.1, -0.05) is 18.6 Å². The Kier molecular flexibility index (Phi) is 5.83. The maximum absolute atomic E-state index is 12.7. The van der Waals surface area contributed by atoms with Crippen LogP contribution in [-0.4, -0.2) is 25.8 Å². The van der Waals surface area contributed by atoms with Crippen LogP contribution >= 0.6 is 0 Å². The summed E-state index contributed by atoms with van der Waals surface area (Å²) in [4.78, 5) is 12.7. The quantitative estimate of drug-likeness (QED) is 0.710. The largest absolute Gasteiger partial charge is 0.493 e. The van der Waals surface area contributed by atoms with Gasteiger partial charge in [-0.3, -0.25) is 0 Å². The summed E-state index contributed by atoms with van der Waals surface area (Å²) in [5.74, 6) is 2.41. The Morgan fingerprint density at radius 3 is 2.52 bits per heavy atom. The fourth-order valence-electron chi connectivity index (χ4n) is 4.37. The van der Waals surface area contributed by atoms with Gasteiger partial charge in [0.1, 0.15) is 5.60 Å². The van der Waals surface area contributed by atoms with Crippen LogP contribution in [0.25, 0.3) is 0 Å². The van der Waals surface area contributed by atoms with E-state index in [1.807, 2.05) is 26.8 Å². The van der Waals surface area contributed by atoms with Crippen molar-refractivity contribution in [1.29, 1.82) is 0 Å². The van der Waals surface area contributed by atoms with E-state index in [1.165, 1.54) is 17.5 Å². The van der Waals surface area contributed by atoms with Crippen LogP contribution in [0.2, 0.25) is 0 Å². The lowest BCUT2D eigenvalue weighted by atomic mass is 9.71. The minimum atomic E-state index is -0.456. The molecular weight excluding hydrogens is 340 g/mol. The number of carbonyl (C=O) groups excluding carboxylic acids is 1. The summed E-state index contributed by atoms with van der Waals surface area (Å²) < 4.78 is 16.8. The highest BCUT2D eigenvalue weighted by Crippen LogP contribution is 2.43. The van der Waals surface area contributed by atoms with E-state index in [0.29, 0.717) is 11.8 Å². The molecule has 0 amide bonds. The summed E-state index contributed by atoms with van der Waals surface area (Å²) in [6.07, 6.45) is 8.29. The van der Waals surface area contributed by atoms with Crippen molar-refractivity contribution < 1.29 is 19.0 Å². The predicted octanol–water partition coefficient (Wildman–Crippen LogP) is 4.88. The molecule has 2 unspecified atom stereocenters. The lowest BCUT2D eigenvalue weighted by Crippen LogP contribution is -2.29. The molecule has 0 aromatic heterocycles. The number of rotatable bonds is 3. The molecule has 0 spiro atoms. The van der Waals surface area contributed by atoms with E-state index >= 15 is 0 Å². The Morgan fingerprint density at radius 2 is 1.85 bits per heavy atom. The Morgan fingerprint density at radius 1 is 1.07 bits per heavy atom. The van der Waals surface area contributed by atoms with Gasteiger partial charge in [-0.2, -0.15) is 0 Å². The van der Waals surface area contributed by atoms with Crippen LogP contribution in [0.3, 0.4) is 0 Å². The van der Waals surface area contributed by atoms with Crippen molar-refractivity contribution in [3.8, 4) is 11.5 Å². The van der Waals surface area contributed by atoms with Gasteiger partial charge in [-0.25, -0.2) is 4.79 Å². The molecule has 2 aliphatic rings. The summed E-state index contributed by atoms with van der Waals surface area (Å²) in [6, 6.07) is 4.13. The number of methoxy groups -OCH3 is 2. The van der Waals surface area contributed by atoms with Crippen molar-refractivity contribution in [2.45, 2.75) is 64.9 Å². The lowest BCUT2D eigenvalue weighted by molar-refractivity contribution is -0.150. The number of ether oxygens (including phenoxy) is 3. The second kappa shape index (κ2) is 7.95. The Labute approximate surface area is 162 Å².